The van der Waals surface area contributed by atoms with Crippen LogP contribution in [-0.4, -0.2) is 66.6 Å². The number of hydrogen-bond donors (Lipinski definition) is 0. The molecule has 0 heterocycles. The van der Waals surface area contributed by atoms with Crippen molar-refractivity contribution in [3.05, 3.63) is 0 Å². The topological polar surface area (TPSA) is 92.7 Å². The molecule has 0 bridgehead atoms. The minimum Gasteiger partial charge on any atom is -0.756 e. The van der Waals surface area contributed by atoms with E-state index >= 15 is 0 Å². The largest absolute Gasteiger partial charge is 0.756 e. The lowest BCUT2D eigenvalue weighted by Gasteiger charge is -2.28. The van der Waals surface area contributed by atoms with Crippen LogP contribution in [0.3, 0.4) is 0 Å². The number of phosphoric ester groups is 1. The summed E-state index contributed by atoms with van der Waals surface area (Å²) < 4.78 is 22.7. The molecule has 2 atom stereocenters. The molecule has 0 rings (SSSR count). The first kappa shape index (κ1) is 32.1. The summed E-state index contributed by atoms with van der Waals surface area (Å²) in [5.41, 5.74) is 0. The Labute approximate surface area is 204 Å². The molecule has 0 aliphatic heterocycles. The summed E-state index contributed by atoms with van der Waals surface area (Å²) in [5, 5.41) is -0.327. The minimum absolute atomic E-state index is 0.0115. The monoisotopic (exact) mass is 513 g/mol. The number of likely N-dealkylation sites (N-methyl/N-ethyl adjacent to an activating group) is 1. The molecular weight excluding hydrogens is 469 g/mol. The summed E-state index contributed by atoms with van der Waals surface area (Å²) in [4.78, 5) is 36.6. The maximum Gasteiger partial charge on any atom is 0.268 e. The van der Waals surface area contributed by atoms with Crippen LogP contribution in [0.5, 0.6) is 0 Å². The van der Waals surface area contributed by atoms with Gasteiger partial charge in [0.05, 0.1) is 27.7 Å². The van der Waals surface area contributed by atoms with Crippen LogP contribution in [0.2, 0.25) is 0 Å². The lowest BCUT2D eigenvalue weighted by atomic mass is 10.2. The van der Waals surface area contributed by atoms with Crippen molar-refractivity contribution >= 4 is 41.6 Å². The highest BCUT2D eigenvalue weighted by molar-refractivity contribution is 8.17. The first-order chi connectivity index (χ1) is 15.0. The fourth-order valence-corrected chi connectivity index (χ4v) is 5.50. The van der Waals surface area contributed by atoms with Crippen LogP contribution in [0, 0.1) is 0 Å². The fourth-order valence-electron chi connectivity index (χ4n) is 2.65. The number of quaternary nitrogens is 1. The van der Waals surface area contributed by atoms with Gasteiger partial charge in [0.15, 0.2) is 10.2 Å². The molecule has 0 saturated carbocycles. The van der Waals surface area contributed by atoms with E-state index < -0.39 is 13.1 Å². The number of rotatable bonds is 20. The summed E-state index contributed by atoms with van der Waals surface area (Å²) in [6, 6.07) is 0. The van der Waals surface area contributed by atoms with Gasteiger partial charge >= 0.3 is 0 Å². The van der Waals surface area contributed by atoms with Gasteiger partial charge in [-0.05, 0) is 12.8 Å². The van der Waals surface area contributed by atoms with Gasteiger partial charge < -0.3 is 18.4 Å². The molecule has 0 aromatic carbocycles. The van der Waals surface area contributed by atoms with E-state index in [0.29, 0.717) is 29.6 Å². The van der Waals surface area contributed by atoms with Crippen LogP contribution in [0.1, 0.15) is 78.1 Å². The zero-order valence-electron chi connectivity index (χ0n) is 20.6. The third-order valence-corrected chi connectivity index (χ3v) is 8.00. The number of phosphoric acid groups is 1. The number of carbonyl (C=O) groups is 2. The highest BCUT2D eigenvalue weighted by atomic mass is 32.2. The molecule has 32 heavy (non-hydrogen) atoms. The Kier molecular flexibility index (Phi) is 18.5. The van der Waals surface area contributed by atoms with E-state index in [2.05, 4.69) is 13.8 Å². The Morgan fingerprint density at radius 1 is 0.906 bits per heavy atom. The molecular formula is C22H44NO6PS2. The summed E-state index contributed by atoms with van der Waals surface area (Å²) in [7, 11) is 1.36. The molecule has 0 aliphatic carbocycles. The molecule has 0 N–H and O–H groups in total. The molecule has 0 amide bonds. The SMILES string of the molecule is CCCCCCC(=O)SC[C@H](COP(=O)([O-])OCC[N+](C)(C)C)SC(=O)CCCCCC. The summed E-state index contributed by atoms with van der Waals surface area (Å²) in [6.07, 6.45) is 9.10. The maximum atomic E-state index is 12.3. The van der Waals surface area contributed by atoms with Gasteiger partial charge in [0, 0.05) is 23.8 Å². The third-order valence-electron chi connectivity index (χ3n) is 4.63. The van der Waals surface area contributed by atoms with E-state index in [1.54, 1.807) is 0 Å². The van der Waals surface area contributed by atoms with E-state index in [1.165, 1.54) is 0 Å². The Bertz CT molecular complexity index is 571. The van der Waals surface area contributed by atoms with Gasteiger partial charge in [0.25, 0.3) is 7.82 Å². The summed E-state index contributed by atoms with van der Waals surface area (Å²) in [5.74, 6) is 0.344. The van der Waals surface area contributed by atoms with Gasteiger partial charge in [0.2, 0.25) is 0 Å². The van der Waals surface area contributed by atoms with Crippen LogP contribution < -0.4 is 4.89 Å². The van der Waals surface area contributed by atoms with E-state index in [-0.39, 0.29) is 23.4 Å². The van der Waals surface area contributed by atoms with Gasteiger partial charge in [-0.15, -0.1) is 0 Å². The zero-order valence-corrected chi connectivity index (χ0v) is 23.2. The minimum atomic E-state index is -4.46. The number of thioether (sulfide) groups is 2. The predicted molar refractivity (Wildman–Crippen MR) is 134 cm³/mol. The highest BCUT2D eigenvalue weighted by Crippen LogP contribution is 2.39. The maximum absolute atomic E-state index is 12.3. The molecule has 0 spiro atoms. The average molecular weight is 514 g/mol. The molecule has 0 aromatic rings. The van der Waals surface area contributed by atoms with Crippen LogP contribution >= 0.6 is 31.3 Å². The number of unbranched alkanes of at least 4 members (excludes halogenated alkanes) is 6. The van der Waals surface area contributed by atoms with E-state index in [4.69, 9.17) is 9.05 Å². The van der Waals surface area contributed by atoms with Crippen LogP contribution in [-0.2, 0) is 23.2 Å². The van der Waals surface area contributed by atoms with Crippen molar-refractivity contribution in [1.29, 1.82) is 0 Å². The second-order valence-corrected chi connectivity index (χ2v) is 12.9. The van der Waals surface area contributed by atoms with Gasteiger partial charge in [-0.1, -0.05) is 75.9 Å². The second-order valence-electron chi connectivity index (χ2n) is 9.01. The van der Waals surface area contributed by atoms with Crippen molar-refractivity contribution in [3.63, 3.8) is 0 Å². The van der Waals surface area contributed by atoms with E-state index in [0.717, 1.165) is 74.9 Å². The molecule has 0 saturated heterocycles. The Morgan fingerprint density at radius 3 is 2.00 bits per heavy atom. The predicted octanol–water partition coefficient (Wildman–Crippen LogP) is 5.02. The molecule has 0 radical (unpaired) electrons. The fraction of sp³-hybridized carbons (Fsp3) is 0.909. The first-order valence-electron chi connectivity index (χ1n) is 11.7. The number of nitrogens with zero attached hydrogens (tertiary/aromatic N) is 1. The molecule has 190 valence electrons. The van der Waals surface area contributed by atoms with Gasteiger partial charge in [-0.2, -0.15) is 0 Å². The van der Waals surface area contributed by atoms with Gasteiger partial charge in [-0.25, -0.2) is 0 Å². The van der Waals surface area contributed by atoms with Crippen molar-refractivity contribution in [3.8, 4) is 0 Å². The standard InChI is InChI=1S/C22H44NO6PS2/c1-6-8-10-12-14-21(24)31-19-20(32-22(25)15-13-11-9-7-2)18-29-30(26,27)28-17-16-23(3,4)5/h20H,6-19H2,1-5H3/t20-/m0/s1. The molecule has 0 aromatic heterocycles. The molecule has 10 heteroatoms. The van der Waals surface area contributed by atoms with E-state index in [9.17, 15) is 19.0 Å². The molecule has 1 unspecified atom stereocenters. The first-order valence-corrected chi connectivity index (χ1v) is 15.1. The van der Waals surface area contributed by atoms with Gasteiger partial charge in [-0.3, -0.25) is 14.2 Å². The van der Waals surface area contributed by atoms with Crippen molar-refractivity contribution in [2.75, 3.05) is 46.7 Å². The number of hydrogen-bond acceptors (Lipinski definition) is 8. The van der Waals surface area contributed by atoms with Crippen LogP contribution in [0.25, 0.3) is 0 Å². The second kappa shape index (κ2) is 18.4. The van der Waals surface area contributed by atoms with Crippen LogP contribution in [0.4, 0.5) is 0 Å². The van der Waals surface area contributed by atoms with Crippen molar-refractivity contribution in [2.24, 2.45) is 0 Å². The van der Waals surface area contributed by atoms with E-state index in [1.807, 2.05) is 21.1 Å². The molecule has 0 fully saturated rings. The highest BCUT2D eigenvalue weighted by Gasteiger charge is 2.21. The summed E-state index contributed by atoms with van der Waals surface area (Å²) >= 11 is 2.25. The van der Waals surface area contributed by atoms with Gasteiger partial charge in [0.1, 0.15) is 13.2 Å². The van der Waals surface area contributed by atoms with Crippen LogP contribution in [0.15, 0.2) is 0 Å². The van der Waals surface area contributed by atoms with Crippen molar-refractivity contribution in [2.45, 2.75) is 83.3 Å². The normalized spacial score (nSPS) is 14.8. The lowest BCUT2D eigenvalue weighted by molar-refractivity contribution is -0.870. The Hall–Kier alpha value is 0.110. The lowest BCUT2D eigenvalue weighted by Crippen LogP contribution is -2.37. The van der Waals surface area contributed by atoms with Crippen molar-refractivity contribution in [1.82, 2.24) is 0 Å². The smallest absolute Gasteiger partial charge is 0.268 e. The quantitative estimate of drug-likeness (QED) is 0.127. The Morgan fingerprint density at radius 2 is 1.47 bits per heavy atom. The zero-order chi connectivity index (χ0) is 24.5. The third kappa shape index (κ3) is 20.7. The molecule has 7 nitrogen and oxygen atoms in total. The number of carbonyl (C=O) groups excluding carboxylic acids is 2. The van der Waals surface area contributed by atoms with Crippen molar-refractivity contribution < 1.29 is 32.6 Å². The average Bonchev–Trinajstić information content (AvgIpc) is 2.69. The molecule has 0 aliphatic rings. The summed E-state index contributed by atoms with van der Waals surface area (Å²) in [6.45, 7) is 4.62. The Balaban J connectivity index is 4.63.